The van der Waals surface area contributed by atoms with Crippen LogP contribution in [-0.4, -0.2) is 30.2 Å². The maximum atomic E-state index is 12.8. The van der Waals surface area contributed by atoms with Gasteiger partial charge in [0.25, 0.3) is 5.91 Å². The third kappa shape index (κ3) is 4.44. The van der Waals surface area contributed by atoms with Crippen LogP contribution in [-0.2, 0) is 0 Å². The van der Waals surface area contributed by atoms with Crippen LogP contribution < -0.4 is 10.2 Å². The SMILES string of the molecule is Cc1ccccc1-c1nnc(-c2ccc(C(=O)Nc3cc(Cl)ccc3N(C)C)cc2)o1. The average Bonchev–Trinajstić information content (AvgIpc) is 3.24. The number of rotatable bonds is 5. The van der Waals surface area contributed by atoms with Gasteiger partial charge in [0, 0.05) is 35.8 Å². The molecule has 0 saturated carbocycles. The molecule has 4 rings (SSSR count). The first-order chi connectivity index (χ1) is 14.9. The van der Waals surface area contributed by atoms with Crippen LogP contribution in [0, 0.1) is 6.92 Å². The molecule has 7 heteroatoms. The van der Waals surface area contributed by atoms with Crippen molar-refractivity contribution in [2.75, 3.05) is 24.3 Å². The molecule has 31 heavy (non-hydrogen) atoms. The van der Waals surface area contributed by atoms with E-state index >= 15 is 0 Å². The Kier molecular flexibility index (Phi) is 5.73. The summed E-state index contributed by atoms with van der Waals surface area (Å²) in [6.07, 6.45) is 0. The first-order valence-electron chi connectivity index (χ1n) is 9.70. The molecule has 0 atom stereocenters. The van der Waals surface area contributed by atoms with Gasteiger partial charge in [-0.2, -0.15) is 0 Å². The van der Waals surface area contributed by atoms with Crippen molar-refractivity contribution >= 4 is 28.9 Å². The average molecular weight is 433 g/mol. The number of hydrogen-bond acceptors (Lipinski definition) is 5. The van der Waals surface area contributed by atoms with Crippen LogP contribution in [0.1, 0.15) is 15.9 Å². The lowest BCUT2D eigenvalue weighted by molar-refractivity contribution is 0.102. The topological polar surface area (TPSA) is 71.3 Å². The van der Waals surface area contributed by atoms with Gasteiger partial charge in [0.1, 0.15) is 0 Å². The highest BCUT2D eigenvalue weighted by Gasteiger charge is 2.14. The molecule has 0 spiro atoms. The van der Waals surface area contributed by atoms with Crippen molar-refractivity contribution in [3.8, 4) is 22.9 Å². The number of anilines is 2. The van der Waals surface area contributed by atoms with Crippen LogP contribution in [0.3, 0.4) is 0 Å². The van der Waals surface area contributed by atoms with Crippen molar-refractivity contribution in [2.45, 2.75) is 6.92 Å². The van der Waals surface area contributed by atoms with Gasteiger partial charge in [-0.25, -0.2) is 0 Å². The predicted molar refractivity (Wildman–Crippen MR) is 124 cm³/mol. The number of carbonyl (C=O) groups is 1. The molecule has 156 valence electrons. The molecule has 0 saturated heterocycles. The van der Waals surface area contributed by atoms with Gasteiger partial charge >= 0.3 is 0 Å². The minimum atomic E-state index is -0.233. The van der Waals surface area contributed by atoms with Crippen LogP contribution in [0.25, 0.3) is 22.9 Å². The molecule has 0 aliphatic heterocycles. The number of hydrogen-bond donors (Lipinski definition) is 1. The number of nitrogens with zero attached hydrogens (tertiary/aromatic N) is 3. The van der Waals surface area contributed by atoms with Gasteiger partial charge in [-0.05, 0) is 61.0 Å². The third-order valence-corrected chi connectivity index (χ3v) is 5.12. The van der Waals surface area contributed by atoms with Crippen LogP contribution >= 0.6 is 11.6 Å². The van der Waals surface area contributed by atoms with E-state index in [1.807, 2.05) is 56.3 Å². The summed E-state index contributed by atoms with van der Waals surface area (Å²) in [6, 6.07) is 20.2. The number of benzene rings is 3. The summed E-state index contributed by atoms with van der Waals surface area (Å²) in [5, 5.41) is 11.8. The van der Waals surface area contributed by atoms with Crippen molar-refractivity contribution in [3.05, 3.63) is 82.9 Å². The number of amides is 1. The maximum Gasteiger partial charge on any atom is 0.255 e. The van der Waals surface area contributed by atoms with Gasteiger partial charge in [-0.15, -0.1) is 10.2 Å². The van der Waals surface area contributed by atoms with Gasteiger partial charge in [-0.1, -0.05) is 29.8 Å². The summed E-state index contributed by atoms with van der Waals surface area (Å²) in [5.41, 5.74) is 4.71. The molecule has 0 fully saturated rings. The Morgan fingerprint density at radius 3 is 2.39 bits per heavy atom. The summed E-state index contributed by atoms with van der Waals surface area (Å²) < 4.78 is 5.84. The molecule has 0 bridgehead atoms. The molecule has 0 unspecified atom stereocenters. The Hall–Kier alpha value is -3.64. The lowest BCUT2D eigenvalue weighted by atomic mass is 10.1. The predicted octanol–water partition coefficient (Wildman–Crippen LogP) is 5.68. The van der Waals surface area contributed by atoms with E-state index in [9.17, 15) is 4.79 Å². The highest BCUT2D eigenvalue weighted by molar-refractivity contribution is 6.31. The molecule has 4 aromatic rings. The lowest BCUT2D eigenvalue weighted by Crippen LogP contribution is -2.16. The second-order valence-electron chi connectivity index (χ2n) is 7.31. The second-order valence-corrected chi connectivity index (χ2v) is 7.75. The molecule has 1 N–H and O–H groups in total. The molecule has 3 aromatic carbocycles. The number of carbonyl (C=O) groups excluding carboxylic acids is 1. The molecule has 6 nitrogen and oxygen atoms in total. The number of halogens is 1. The van der Waals surface area contributed by atoms with E-state index in [1.54, 1.807) is 36.4 Å². The zero-order valence-electron chi connectivity index (χ0n) is 17.4. The van der Waals surface area contributed by atoms with E-state index in [2.05, 4.69) is 15.5 Å². The smallest absolute Gasteiger partial charge is 0.255 e. The third-order valence-electron chi connectivity index (χ3n) is 4.88. The first-order valence-corrected chi connectivity index (χ1v) is 10.1. The molecule has 0 aliphatic carbocycles. The summed E-state index contributed by atoms with van der Waals surface area (Å²) in [5.74, 6) is 0.630. The highest BCUT2D eigenvalue weighted by Crippen LogP contribution is 2.29. The van der Waals surface area contributed by atoms with E-state index in [4.69, 9.17) is 16.0 Å². The van der Waals surface area contributed by atoms with E-state index in [-0.39, 0.29) is 5.91 Å². The Morgan fingerprint density at radius 1 is 0.968 bits per heavy atom. The fourth-order valence-corrected chi connectivity index (χ4v) is 3.39. The number of aromatic nitrogens is 2. The summed E-state index contributed by atoms with van der Waals surface area (Å²) >= 11 is 6.10. The first kappa shape index (κ1) is 20.6. The fourth-order valence-electron chi connectivity index (χ4n) is 3.22. The van der Waals surface area contributed by atoms with Gasteiger partial charge < -0.3 is 14.6 Å². The largest absolute Gasteiger partial charge is 0.416 e. The maximum absolute atomic E-state index is 12.8. The summed E-state index contributed by atoms with van der Waals surface area (Å²) in [6.45, 7) is 1.99. The monoisotopic (exact) mass is 432 g/mol. The lowest BCUT2D eigenvalue weighted by Gasteiger charge is -2.18. The van der Waals surface area contributed by atoms with E-state index in [0.717, 1.165) is 22.4 Å². The molecular weight excluding hydrogens is 412 g/mol. The van der Waals surface area contributed by atoms with E-state index in [1.165, 1.54) is 0 Å². The Bertz CT molecular complexity index is 1230. The van der Waals surface area contributed by atoms with Gasteiger partial charge in [0.2, 0.25) is 11.8 Å². The summed E-state index contributed by atoms with van der Waals surface area (Å²) in [4.78, 5) is 14.7. The standard InChI is InChI=1S/C24H21ClN4O2/c1-15-6-4-5-7-19(15)24-28-27-23(31-24)17-10-8-16(9-11-17)22(30)26-20-14-18(25)12-13-21(20)29(2)3/h4-14H,1-3H3,(H,26,30). The number of aryl methyl sites for hydroxylation is 1. The molecule has 1 aromatic heterocycles. The van der Waals surface area contributed by atoms with Crippen molar-refractivity contribution in [1.82, 2.24) is 10.2 Å². The highest BCUT2D eigenvalue weighted by atomic mass is 35.5. The van der Waals surface area contributed by atoms with E-state index < -0.39 is 0 Å². The minimum absolute atomic E-state index is 0.233. The van der Waals surface area contributed by atoms with E-state index in [0.29, 0.717) is 28.1 Å². The minimum Gasteiger partial charge on any atom is -0.416 e. The van der Waals surface area contributed by atoms with Crippen LogP contribution in [0.4, 0.5) is 11.4 Å². The normalized spacial score (nSPS) is 10.7. The van der Waals surface area contributed by atoms with Crippen molar-refractivity contribution < 1.29 is 9.21 Å². The van der Waals surface area contributed by atoms with Crippen LogP contribution in [0.2, 0.25) is 5.02 Å². The Balaban J connectivity index is 1.54. The van der Waals surface area contributed by atoms with Crippen LogP contribution in [0.15, 0.2) is 71.1 Å². The zero-order chi connectivity index (χ0) is 22.0. The van der Waals surface area contributed by atoms with Crippen molar-refractivity contribution in [3.63, 3.8) is 0 Å². The molecule has 1 heterocycles. The molecular formula is C24H21ClN4O2. The quantitative estimate of drug-likeness (QED) is 0.439. The zero-order valence-corrected chi connectivity index (χ0v) is 18.1. The number of nitrogens with one attached hydrogen (secondary N) is 1. The fraction of sp³-hybridized carbons (Fsp3) is 0.125. The molecule has 0 aliphatic rings. The van der Waals surface area contributed by atoms with Crippen molar-refractivity contribution in [1.29, 1.82) is 0 Å². The molecule has 1 amide bonds. The van der Waals surface area contributed by atoms with Crippen LogP contribution in [0.5, 0.6) is 0 Å². The van der Waals surface area contributed by atoms with Gasteiger partial charge in [0.05, 0.1) is 11.4 Å². The Morgan fingerprint density at radius 2 is 1.68 bits per heavy atom. The van der Waals surface area contributed by atoms with Gasteiger partial charge in [-0.3, -0.25) is 4.79 Å². The Labute approximate surface area is 185 Å². The second kappa shape index (κ2) is 8.62. The van der Waals surface area contributed by atoms with Crippen molar-refractivity contribution in [2.24, 2.45) is 0 Å². The molecule has 0 radical (unpaired) electrons. The summed E-state index contributed by atoms with van der Waals surface area (Å²) in [7, 11) is 3.81. The van der Waals surface area contributed by atoms with Gasteiger partial charge in [0.15, 0.2) is 0 Å².